The number of rotatable bonds is 2. The number of hydrogen-bond acceptors (Lipinski definition) is 2. The standard InChI is InChI=1S/C9H12ClNO/c1-6-7(9(11)5-12)3-2-4-8(6)10/h2-4,9,12H,5,11H2,1H3/t9-/m1/s1. The number of aliphatic hydroxyl groups is 1. The molecule has 1 rings (SSSR count). The molecule has 3 heteroatoms. The number of nitrogens with two attached hydrogens (primary N) is 1. The molecule has 3 N–H and O–H groups in total. The first-order valence-corrected chi connectivity index (χ1v) is 4.16. The van der Waals surface area contributed by atoms with Gasteiger partial charge in [-0.05, 0) is 24.1 Å². The van der Waals surface area contributed by atoms with Gasteiger partial charge in [0, 0.05) is 5.02 Å². The molecule has 0 aliphatic heterocycles. The molecule has 0 radical (unpaired) electrons. The zero-order chi connectivity index (χ0) is 9.14. The quantitative estimate of drug-likeness (QED) is 0.736. The highest BCUT2D eigenvalue weighted by molar-refractivity contribution is 6.31. The van der Waals surface area contributed by atoms with Crippen molar-refractivity contribution >= 4 is 11.6 Å². The van der Waals surface area contributed by atoms with Crippen molar-refractivity contribution in [3.05, 3.63) is 34.3 Å². The Labute approximate surface area is 77.0 Å². The number of benzene rings is 1. The van der Waals surface area contributed by atoms with Crippen molar-refractivity contribution in [3.8, 4) is 0 Å². The Morgan fingerprint density at radius 2 is 2.25 bits per heavy atom. The summed E-state index contributed by atoms with van der Waals surface area (Å²) >= 11 is 5.88. The third-order valence-corrected chi connectivity index (χ3v) is 2.32. The van der Waals surface area contributed by atoms with E-state index in [1.54, 1.807) is 0 Å². The van der Waals surface area contributed by atoms with Gasteiger partial charge in [0.15, 0.2) is 0 Å². The summed E-state index contributed by atoms with van der Waals surface area (Å²) in [6.45, 7) is 1.84. The molecule has 0 saturated heterocycles. The molecule has 66 valence electrons. The fourth-order valence-corrected chi connectivity index (χ4v) is 1.31. The fourth-order valence-electron chi connectivity index (χ4n) is 1.12. The number of halogens is 1. The highest BCUT2D eigenvalue weighted by Gasteiger charge is 2.08. The molecule has 1 aromatic rings. The molecule has 0 saturated carbocycles. The Morgan fingerprint density at radius 1 is 1.58 bits per heavy atom. The van der Waals surface area contributed by atoms with Crippen LogP contribution in [-0.4, -0.2) is 11.7 Å². The monoisotopic (exact) mass is 185 g/mol. The minimum Gasteiger partial charge on any atom is -0.394 e. The zero-order valence-electron chi connectivity index (χ0n) is 6.92. The van der Waals surface area contributed by atoms with Crippen LogP contribution in [0.4, 0.5) is 0 Å². The second kappa shape index (κ2) is 3.90. The molecule has 2 nitrogen and oxygen atoms in total. The molecule has 0 spiro atoms. The van der Waals surface area contributed by atoms with Crippen LogP contribution in [0.3, 0.4) is 0 Å². The van der Waals surface area contributed by atoms with E-state index in [4.69, 9.17) is 22.4 Å². The van der Waals surface area contributed by atoms with Gasteiger partial charge >= 0.3 is 0 Å². The van der Waals surface area contributed by atoms with Crippen LogP contribution in [0.5, 0.6) is 0 Å². The van der Waals surface area contributed by atoms with Gasteiger partial charge in [-0.2, -0.15) is 0 Å². The Balaban J connectivity index is 3.07. The van der Waals surface area contributed by atoms with Gasteiger partial charge in [-0.15, -0.1) is 0 Å². The topological polar surface area (TPSA) is 46.2 Å². The van der Waals surface area contributed by atoms with Crippen LogP contribution >= 0.6 is 11.6 Å². The third kappa shape index (κ3) is 1.78. The van der Waals surface area contributed by atoms with E-state index in [1.807, 2.05) is 25.1 Å². The van der Waals surface area contributed by atoms with E-state index in [0.29, 0.717) is 5.02 Å². The number of aliphatic hydroxyl groups excluding tert-OH is 1. The van der Waals surface area contributed by atoms with Crippen molar-refractivity contribution in [3.63, 3.8) is 0 Å². The predicted octanol–water partition coefficient (Wildman–Crippen LogP) is 1.64. The van der Waals surface area contributed by atoms with E-state index < -0.39 is 0 Å². The van der Waals surface area contributed by atoms with Crippen molar-refractivity contribution in [2.75, 3.05) is 6.61 Å². The summed E-state index contributed by atoms with van der Waals surface area (Å²) in [5, 5.41) is 9.53. The van der Waals surface area contributed by atoms with Crippen LogP contribution < -0.4 is 5.73 Å². The average Bonchev–Trinajstić information content (AvgIpc) is 2.08. The van der Waals surface area contributed by atoms with E-state index >= 15 is 0 Å². The normalized spacial score (nSPS) is 13.0. The molecule has 1 aromatic carbocycles. The fraction of sp³-hybridized carbons (Fsp3) is 0.333. The smallest absolute Gasteiger partial charge is 0.0624 e. The highest BCUT2D eigenvalue weighted by atomic mass is 35.5. The molecule has 0 bridgehead atoms. The molecule has 0 aromatic heterocycles. The van der Waals surface area contributed by atoms with Gasteiger partial charge in [-0.1, -0.05) is 23.7 Å². The summed E-state index contributed by atoms with van der Waals surface area (Å²) in [5.74, 6) is 0. The zero-order valence-corrected chi connectivity index (χ0v) is 7.67. The lowest BCUT2D eigenvalue weighted by Crippen LogP contribution is -2.15. The highest BCUT2D eigenvalue weighted by Crippen LogP contribution is 2.22. The van der Waals surface area contributed by atoms with Crippen molar-refractivity contribution in [2.45, 2.75) is 13.0 Å². The molecular weight excluding hydrogens is 174 g/mol. The second-order valence-electron chi connectivity index (χ2n) is 2.74. The van der Waals surface area contributed by atoms with Crippen LogP contribution in [0.2, 0.25) is 5.02 Å². The van der Waals surface area contributed by atoms with Gasteiger partial charge in [0.2, 0.25) is 0 Å². The molecule has 0 aliphatic carbocycles. The van der Waals surface area contributed by atoms with E-state index in [2.05, 4.69) is 0 Å². The summed E-state index contributed by atoms with van der Waals surface area (Å²) in [6, 6.07) is 5.19. The molecule has 0 aliphatic rings. The maximum absolute atomic E-state index is 8.84. The van der Waals surface area contributed by atoms with Crippen LogP contribution in [0.25, 0.3) is 0 Å². The van der Waals surface area contributed by atoms with E-state index in [0.717, 1.165) is 11.1 Å². The van der Waals surface area contributed by atoms with Crippen molar-refractivity contribution < 1.29 is 5.11 Å². The van der Waals surface area contributed by atoms with Crippen molar-refractivity contribution in [1.29, 1.82) is 0 Å². The van der Waals surface area contributed by atoms with Gasteiger partial charge in [-0.3, -0.25) is 0 Å². The molecule has 0 heterocycles. The Morgan fingerprint density at radius 3 is 2.83 bits per heavy atom. The summed E-state index contributed by atoms with van der Waals surface area (Å²) in [5.41, 5.74) is 7.51. The summed E-state index contributed by atoms with van der Waals surface area (Å²) < 4.78 is 0. The Hall–Kier alpha value is -0.570. The minimum atomic E-state index is -0.330. The van der Waals surface area contributed by atoms with Gasteiger partial charge in [0.25, 0.3) is 0 Å². The Bertz CT molecular complexity index is 275. The van der Waals surface area contributed by atoms with Crippen LogP contribution in [0, 0.1) is 6.92 Å². The first kappa shape index (κ1) is 9.52. The summed E-state index contributed by atoms with van der Waals surface area (Å²) in [6.07, 6.45) is 0. The van der Waals surface area contributed by atoms with Crippen molar-refractivity contribution in [2.24, 2.45) is 5.73 Å². The first-order valence-electron chi connectivity index (χ1n) is 3.78. The van der Waals surface area contributed by atoms with E-state index in [1.165, 1.54) is 0 Å². The minimum absolute atomic E-state index is 0.0544. The van der Waals surface area contributed by atoms with Crippen LogP contribution in [0.15, 0.2) is 18.2 Å². The lowest BCUT2D eigenvalue weighted by Gasteiger charge is -2.12. The largest absolute Gasteiger partial charge is 0.394 e. The van der Waals surface area contributed by atoms with Gasteiger partial charge < -0.3 is 10.8 Å². The number of hydrogen-bond donors (Lipinski definition) is 2. The SMILES string of the molecule is Cc1c(Cl)cccc1[C@H](N)CO. The predicted molar refractivity (Wildman–Crippen MR) is 50.2 cm³/mol. The van der Waals surface area contributed by atoms with Gasteiger partial charge in [0.1, 0.15) is 0 Å². The van der Waals surface area contributed by atoms with E-state index in [9.17, 15) is 0 Å². The lowest BCUT2D eigenvalue weighted by atomic mass is 10.0. The second-order valence-corrected chi connectivity index (χ2v) is 3.15. The third-order valence-electron chi connectivity index (χ3n) is 1.91. The first-order chi connectivity index (χ1) is 5.66. The molecular formula is C9H12ClNO. The van der Waals surface area contributed by atoms with E-state index in [-0.39, 0.29) is 12.6 Å². The van der Waals surface area contributed by atoms with Gasteiger partial charge in [-0.25, -0.2) is 0 Å². The van der Waals surface area contributed by atoms with Gasteiger partial charge in [0.05, 0.1) is 12.6 Å². The lowest BCUT2D eigenvalue weighted by molar-refractivity contribution is 0.267. The molecule has 0 fully saturated rings. The average molecular weight is 186 g/mol. The van der Waals surface area contributed by atoms with Crippen LogP contribution in [0.1, 0.15) is 17.2 Å². The van der Waals surface area contributed by atoms with Crippen molar-refractivity contribution in [1.82, 2.24) is 0 Å². The summed E-state index contributed by atoms with van der Waals surface area (Å²) in [7, 11) is 0. The molecule has 1 atom stereocenters. The Kier molecular flexibility index (Phi) is 3.09. The molecule has 0 unspecified atom stereocenters. The maximum atomic E-state index is 8.84. The maximum Gasteiger partial charge on any atom is 0.0624 e. The van der Waals surface area contributed by atoms with Crippen LogP contribution in [-0.2, 0) is 0 Å². The molecule has 0 amide bonds. The summed E-state index contributed by atoms with van der Waals surface area (Å²) in [4.78, 5) is 0. The molecule has 12 heavy (non-hydrogen) atoms.